The lowest BCUT2D eigenvalue weighted by Gasteiger charge is -2.33. The summed E-state index contributed by atoms with van der Waals surface area (Å²) in [5.41, 5.74) is 0.997. The van der Waals surface area contributed by atoms with Crippen LogP contribution < -0.4 is 10.6 Å². The van der Waals surface area contributed by atoms with Gasteiger partial charge in [-0.1, -0.05) is 50.6 Å². The SMILES string of the molecule is CC(C)C(NC(=O)C(C)C1CNC1)c1ccccc1Cl. The molecule has 110 valence electrons. The van der Waals surface area contributed by atoms with Crippen LogP contribution in [0.3, 0.4) is 0 Å². The number of nitrogens with one attached hydrogen (secondary N) is 2. The molecular weight excluding hydrogens is 272 g/mol. The van der Waals surface area contributed by atoms with E-state index < -0.39 is 0 Å². The summed E-state index contributed by atoms with van der Waals surface area (Å²) in [5.74, 6) is 0.912. The smallest absolute Gasteiger partial charge is 0.223 e. The first-order valence-electron chi connectivity index (χ1n) is 7.26. The fourth-order valence-electron chi connectivity index (χ4n) is 2.49. The minimum atomic E-state index is -0.0355. The van der Waals surface area contributed by atoms with E-state index in [2.05, 4.69) is 24.5 Å². The van der Waals surface area contributed by atoms with E-state index in [9.17, 15) is 4.79 Å². The van der Waals surface area contributed by atoms with E-state index in [-0.39, 0.29) is 17.9 Å². The van der Waals surface area contributed by atoms with Crippen molar-refractivity contribution >= 4 is 17.5 Å². The Balaban J connectivity index is 2.10. The van der Waals surface area contributed by atoms with Crippen molar-refractivity contribution in [1.29, 1.82) is 0 Å². The number of hydrogen-bond donors (Lipinski definition) is 2. The maximum atomic E-state index is 12.4. The lowest BCUT2D eigenvalue weighted by Crippen LogP contribution is -2.50. The van der Waals surface area contributed by atoms with E-state index in [1.165, 1.54) is 0 Å². The van der Waals surface area contributed by atoms with Crippen molar-refractivity contribution in [2.45, 2.75) is 26.8 Å². The normalized spacial score (nSPS) is 18.4. The number of benzene rings is 1. The van der Waals surface area contributed by atoms with Gasteiger partial charge in [0.05, 0.1) is 6.04 Å². The molecule has 1 aromatic carbocycles. The van der Waals surface area contributed by atoms with Crippen molar-refractivity contribution in [3.63, 3.8) is 0 Å². The lowest BCUT2D eigenvalue weighted by atomic mass is 9.87. The second kappa shape index (κ2) is 6.59. The van der Waals surface area contributed by atoms with Crippen molar-refractivity contribution in [2.24, 2.45) is 17.8 Å². The summed E-state index contributed by atoms with van der Waals surface area (Å²) in [5, 5.41) is 7.10. The summed E-state index contributed by atoms with van der Waals surface area (Å²) in [6.45, 7) is 8.08. The van der Waals surface area contributed by atoms with Crippen molar-refractivity contribution in [3.05, 3.63) is 34.9 Å². The van der Waals surface area contributed by atoms with E-state index >= 15 is 0 Å². The minimum Gasteiger partial charge on any atom is -0.349 e. The highest BCUT2D eigenvalue weighted by Gasteiger charge is 2.30. The molecule has 1 saturated heterocycles. The number of halogens is 1. The number of hydrogen-bond acceptors (Lipinski definition) is 2. The molecule has 0 radical (unpaired) electrons. The molecule has 0 bridgehead atoms. The van der Waals surface area contributed by atoms with Gasteiger partial charge in [-0.2, -0.15) is 0 Å². The van der Waals surface area contributed by atoms with Gasteiger partial charge >= 0.3 is 0 Å². The van der Waals surface area contributed by atoms with E-state index in [0.29, 0.717) is 16.9 Å². The van der Waals surface area contributed by atoms with E-state index in [1.807, 2.05) is 31.2 Å². The fourth-order valence-corrected chi connectivity index (χ4v) is 2.75. The number of carbonyl (C=O) groups excluding carboxylic acids is 1. The fraction of sp³-hybridized carbons (Fsp3) is 0.562. The van der Waals surface area contributed by atoms with Crippen LogP contribution in [0.1, 0.15) is 32.4 Å². The Bertz CT molecular complexity index is 471. The highest BCUT2D eigenvalue weighted by atomic mass is 35.5. The van der Waals surface area contributed by atoms with Crippen LogP contribution in [0.5, 0.6) is 0 Å². The first-order valence-corrected chi connectivity index (χ1v) is 7.64. The van der Waals surface area contributed by atoms with Crippen LogP contribution in [0.15, 0.2) is 24.3 Å². The number of amides is 1. The van der Waals surface area contributed by atoms with E-state index in [4.69, 9.17) is 11.6 Å². The molecule has 1 aliphatic rings. The van der Waals surface area contributed by atoms with Gasteiger partial charge in [0.2, 0.25) is 5.91 Å². The molecule has 0 spiro atoms. The Morgan fingerprint density at radius 2 is 1.95 bits per heavy atom. The van der Waals surface area contributed by atoms with Gasteiger partial charge in [0.25, 0.3) is 0 Å². The molecule has 1 heterocycles. The molecule has 3 nitrogen and oxygen atoms in total. The van der Waals surface area contributed by atoms with Crippen LogP contribution in [0.2, 0.25) is 5.02 Å². The molecule has 20 heavy (non-hydrogen) atoms. The molecule has 0 aromatic heterocycles. The zero-order chi connectivity index (χ0) is 14.7. The van der Waals surface area contributed by atoms with E-state index in [1.54, 1.807) is 0 Å². The summed E-state index contributed by atoms with van der Waals surface area (Å²) in [6.07, 6.45) is 0. The van der Waals surface area contributed by atoms with Crippen molar-refractivity contribution < 1.29 is 4.79 Å². The molecule has 1 amide bonds. The van der Waals surface area contributed by atoms with Gasteiger partial charge in [-0.15, -0.1) is 0 Å². The largest absolute Gasteiger partial charge is 0.349 e. The van der Waals surface area contributed by atoms with Crippen LogP contribution in [-0.4, -0.2) is 19.0 Å². The molecule has 1 aliphatic heterocycles. The second-order valence-electron chi connectivity index (χ2n) is 5.96. The third-order valence-corrected chi connectivity index (χ3v) is 4.48. The van der Waals surface area contributed by atoms with Crippen LogP contribution >= 0.6 is 11.6 Å². The maximum absolute atomic E-state index is 12.4. The third-order valence-electron chi connectivity index (χ3n) is 4.14. The summed E-state index contributed by atoms with van der Waals surface area (Å²) in [6, 6.07) is 7.70. The summed E-state index contributed by atoms with van der Waals surface area (Å²) >= 11 is 6.27. The average Bonchev–Trinajstić information content (AvgIpc) is 2.34. The average molecular weight is 295 g/mol. The Labute approximate surface area is 126 Å². The highest BCUT2D eigenvalue weighted by Crippen LogP contribution is 2.29. The van der Waals surface area contributed by atoms with Gasteiger partial charge in [-0.05, 0) is 36.6 Å². The van der Waals surface area contributed by atoms with Gasteiger partial charge < -0.3 is 10.6 Å². The van der Waals surface area contributed by atoms with Crippen LogP contribution in [0.4, 0.5) is 0 Å². The molecular formula is C16H23ClN2O. The minimum absolute atomic E-state index is 0.0355. The Hall–Kier alpha value is -1.06. The molecule has 1 fully saturated rings. The zero-order valence-electron chi connectivity index (χ0n) is 12.3. The maximum Gasteiger partial charge on any atom is 0.223 e. The van der Waals surface area contributed by atoms with E-state index in [0.717, 1.165) is 18.7 Å². The summed E-state index contributed by atoms with van der Waals surface area (Å²) in [7, 11) is 0. The van der Waals surface area contributed by atoms with Crippen molar-refractivity contribution in [1.82, 2.24) is 10.6 Å². The molecule has 2 unspecified atom stereocenters. The molecule has 2 atom stereocenters. The van der Waals surface area contributed by atoms with Gasteiger partial charge in [-0.3, -0.25) is 4.79 Å². The van der Waals surface area contributed by atoms with Crippen molar-refractivity contribution in [3.8, 4) is 0 Å². The van der Waals surface area contributed by atoms with Crippen molar-refractivity contribution in [2.75, 3.05) is 13.1 Å². The predicted octanol–water partition coefficient (Wildman–Crippen LogP) is 3.01. The van der Waals surface area contributed by atoms with Gasteiger partial charge in [0.15, 0.2) is 0 Å². The van der Waals surface area contributed by atoms with Gasteiger partial charge in [-0.25, -0.2) is 0 Å². The predicted molar refractivity (Wildman–Crippen MR) is 82.7 cm³/mol. The number of rotatable bonds is 5. The standard InChI is InChI=1S/C16H23ClN2O/c1-10(2)15(13-6-4-5-7-14(13)17)19-16(20)11(3)12-8-18-9-12/h4-7,10-12,15,18H,8-9H2,1-3H3,(H,19,20). The highest BCUT2D eigenvalue weighted by molar-refractivity contribution is 6.31. The summed E-state index contributed by atoms with van der Waals surface area (Å²) in [4.78, 5) is 12.4. The Morgan fingerprint density at radius 1 is 1.30 bits per heavy atom. The summed E-state index contributed by atoms with van der Waals surface area (Å²) < 4.78 is 0. The molecule has 2 rings (SSSR count). The first-order chi connectivity index (χ1) is 9.50. The first kappa shape index (κ1) is 15.3. The van der Waals surface area contributed by atoms with Gasteiger partial charge in [0, 0.05) is 10.9 Å². The monoisotopic (exact) mass is 294 g/mol. The van der Waals surface area contributed by atoms with Crippen LogP contribution in [-0.2, 0) is 4.79 Å². The molecule has 0 aliphatic carbocycles. The Kier molecular flexibility index (Phi) is 5.06. The number of carbonyl (C=O) groups is 1. The van der Waals surface area contributed by atoms with Crippen LogP contribution in [0.25, 0.3) is 0 Å². The topological polar surface area (TPSA) is 41.1 Å². The Morgan fingerprint density at radius 3 is 2.45 bits per heavy atom. The molecule has 4 heteroatoms. The van der Waals surface area contributed by atoms with Crippen LogP contribution in [0, 0.1) is 17.8 Å². The zero-order valence-corrected chi connectivity index (χ0v) is 13.1. The lowest BCUT2D eigenvalue weighted by molar-refractivity contribution is -0.127. The molecule has 0 saturated carbocycles. The molecule has 2 N–H and O–H groups in total. The van der Waals surface area contributed by atoms with Gasteiger partial charge in [0.1, 0.15) is 0 Å². The molecule has 1 aromatic rings. The second-order valence-corrected chi connectivity index (χ2v) is 6.37. The quantitative estimate of drug-likeness (QED) is 0.876. The third kappa shape index (κ3) is 3.33.